The fourth-order valence-electron chi connectivity index (χ4n) is 3.00. The van der Waals surface area contributed by atoms with Crippen molar-refractivity contribution in [1.29, 1.82) is 0 Å². The second kappa shape index (κ2) is 10.0. The van der Waals surface area contributed by atoms with E-state index in [1.807, 2.05) is 4.90 Å². The molecule has 2 aliphatic heterocycles. The standard InChI is InChI=1S/C15H27N3O3.ClH/c16-14(12-5-10-21-11-6-12)15(20)17-7-4-13(19)18-8-2-1-3-9-18;/h12,14H,1-11,16H2,(H,17,20);1H. The monoisotopic (exact) mass is 333 g/mol. The highest BCUT2D eigenvalue weighted by molar-refractivity contribution is 5.85. The van der Waals surface area contributed by atoms with E-state index in [4.69, 9.17) is 10.5 Å². The first-order valence-corrected chi connectivity index (χ1v) is 8.07. The van der Waals surface area contributed by atoms with Crippen molar-refractivity contribution in [2.45, 2.75) is 44.6 Å². The third-order valence-electron chi connectivity index (χ3n) is 4.42. The van der Waals surface area contributed by atoms with E-state index in [1.165, 1.54) is 6.42 Å². The van der Waals surface area contributed by atoms with Gasteiger partial charge in [0.1, 0.15) is 0 Å². The lowest BCUT2D eigenvalue weighted by Crippen LogP contribution is -2.48. The van der Waals surface area contributed by atoms with Crippen LogP contribution in [0.15, 0.2) is 0 Å². The summed E-state index contributed by atoms with van der Waals surface area (Å²) in [5, 5.41) is 2.80. The number of likely N-dealkylation sites (tertiary alicyclic amines) is 1. The van der Waals surface area contributed by atoms with Crippen molar-refractivity contribution >= 4 is 24.2 Å². The van der Waals surface area contributed by atoms with Crippen LogP contribution in [0.1, 0.15) is 38.5 Å². The lowest BCUT2D eigenvalue weighted by Gasteiger charge is -2.28. The zero-order valence-corrected chi connectivity index (χ0v) is 13.9. The van der Waals surface area contributed by atoms with Crippen LogP contribution >= 0.6 is 12.4 Å². The summed E-state index contributed by atoms with van der Waals surface area (Å²) in [6.07, 6.45) is 5.43. The highest BCUT2D eigenvalue weighted by Gasteiger charge is 2.26. The number of carbonyl (C=O) groups excluding carboxylic acids is 2. The third-order valence-corrected chi connectivity index (χ3v) is 4.42. The van der Waals surface area contributed by atoms with E-state index in [1.54, 1.807) is 0 Å². The van der Waals surface area contributed by atoms with E-state index < -0.39 is 6.04 Å². The number of hydrogen-bond donors (Lipinski definition) is 2. The molecule has 0 aromatic heterocycles. The van der Waals surface area contributed by atoms with Crippen LogP contribution in [0.25, 0.3) is 0 Å². The maximum absolute atomic E-state index is 12.0. The first-order valence-electron chi connectivity index (χ1n) is 8.07. The summed E-state index contributed by atoms with van der Waals surface area (Å²) in [6, 6.07) is -0.487. The Morgan fingerprint density at radius 2 is 1.82 bits per heavy atom. The van der Waals surface area contributed by atoms with E-state index in [0.717, 1.165) is 38.8 Å². The van der Waals surface area contributed by atoms with Crippen LogP contribution in [0.4, 0.5) is 0 Å². The maximum Gasteiger partial charge on any atom is 0.237 e. The minimum Gasteiger partial charge on any atom is -0.381 e. The number of ether oxygens (including phenoxy) is 1. The predicted molar refractivity (Wildman–Crippen MR) is 86.8 cm³/mol. The van der Waals surface area contributed by atoms with Crippen LogP contribution in [-0.4, -0.2) is 55.6 Å². The maximum atomic E-state index is 12.0. The highest BCUT2D eigenvalue weighted by atomic mass is 35.5. The molecule has 2 aliphatic rings. The first-order chi connectivity index (χ1) is 10.2. The van der Waals surface area contributed by atoms with Gasteiger partial charge in [-0.15, -0.1) is 12.4 Å². The smallest absolute Gasteiger partial charge is 0.237 e. The van der Waals surface area contributed by atoms with Gasteiger partial charge in [0.05, 0.1) is 6.04 Å². The molecule has 0 aromatic carbocycles. The van der Waals surface area contributed by atoms with Gasteiger partial charge in [0, 0.05) is 39.3 Å². The van der Waals surface area contributed by atoms with Gasteiger partial charge in [-0.25, -0.2) is 0 Å². The molecule has 0 spiro atoms. The molecule has 2 rings (SSSR count). The SMILES string of the molecule is Cl.NC(C(=O)NCCC(=O)N1CCCCC1)C1CCOCC1. The molecule has 6 nitrogen and oxygen atoms in total. The van der Waals surface area contributed by atoms with Gasteiger partial charge < -0.3 is 20.7 Å². The van der Waals surface area contributed by atoms with E-state index in [-0.39, 0.29) is 30.1 Å². The molecule has 1 atom stereocenters. The summed E-state index contributed by atoms with van der Waals surface area (Å²) in [7, 11) is 0. The van der Waals surface area contributed by atoms with Gasteiger partial charge in [0.2, 0.25) is 11.8 Å². The summed E-state index contributed by atoms with van der Waals surface area (Å²) < 4.78 is 5.27. The van der Waals surface area contributed by atoms with Crippen molar-refractivity contribution in [3.05, 3.63) is 0 Å². The van der Waals surface area contributed by atoms with Crippen molar-refractivity contribution in [3.8, 4) is 0 Å². The molecule has 128 valence electrons. The topological polar surface area (TPSA) is 84.7 Å². The molecular weight excluding hydrogens is 306 g/mol. The summed E-state index contributed by atoms with van der Waals surface area (Å²) >= 11 is 0. The molecule has 0 bridgehead atoms. The van der Waals surface area contributed by atoms with Crippen LogP contribution in [0.2, 0.25) is 0 Å². The Hall–Kier alpha value is -0.850. The van der Waals surface area contributed by atoms with E-state index >= 15 is 0 Å². The quantitative estimate of drug-likeness (QED) is 0.775. The molecular formula is C15H28ClN3O3. The van der Waals surface area contributed by atoms with Crippen molar-refractivity contribution in [2.24, 2.45) is 11.7 Å². The Bertz CT molecular complexity index is 356. The minimum atomic E-state index is -0.487. The van der Waals surface area contributed by atoms with Gasteiger partial charge in [-0.05, 0) is 38.0 Å². The van der Waals surface area contributed by atoms with Gasteiger partial charge in [-0.1, -0.05) is 0 Å². The summed E-state index contributed by atoms with van der Waals surface area (Å²) in [5.74, 6) is 0.180. The number of amides is 2. The second-order valence-electron chi connectivity index (χ2n) is 5.96. The molecule has 22 heavy (non-hydrogen) atoms. The summed E-state index contributed by atoms with van der Waals surface area (Å²) in [4.78, 5) is 25.9. The minimum absolute atomic E-state index is 0. The lowest BCUT2D eigenvalue weighted by atomic mass is 9.92. The molecule has 0 radical (unpaired) electrons. The number of piperidine rings is 1. The predicted octanol–water partition coefficient (Wildman–Crippen LogP) is 0.681. The van der Waals surface area contributed by atoms with Gasteiger partial charge in [0.25, 0.3) is 0 Å². The lowest BCUT2D eigenvalue weighted by molar-refractivity contribution is -0.132. The zero-order chi connectivity index (χ0) is 15.1. The first kappa shape index (κ1) is 19.2. The van der Waals surface area contributed by atoms with Crippen molar-refractivity contribution < 1.29 is 14.3 Å². The molecule has 3 N–H and O–H groups in total. The molecule has 7 heteroatoms. The Balaban J connectivity index is 0.00000242. The fourth-order valence-corrected chi connectivity index (χ4v) is 3.00. The van der Waals surface area contributed by atoms with Crippen molar-refractivity contribution in [1.82, 2.24) is 10.2 Å². The fraction of sp³-hybridized carbons (Fsp3) is 0.867. The zero-order valence-electron chi connectivity index (χ0n) is 13.1. The molecule has 2 fully saturated rings. The third kappa shape index (κ3) is 5.74. The summed E-state index contributed by atoms with van der Waals surface area (Å²) in [5.41, 5.74) is 5.99. The number of hydrogen-bond acceptors (Lipinski definition) is 4. The molecule has 2 heterocycles. The average molecular weight is 334 g/mol. The Labute approximate surface area is 138 Å². The number of nitrogens with two attached hydrogens (primary N) is 1. The van der Waals surface area contributed by atoms with Gasteiger partial charge in [-0.3, -0.25) is 9.59 Å². The normalized spacial score (nSPS) is 20.9. The Kier molecular flexibility index (Phi) is 8.75. The van der Waals surface area contributed by atoms with Crippen LogP contribution in [0, 0.1) is 5.92 Å². The molecule has 0 aromatic rings. The van der Waals surface area contributed by atoms with Crippen molar-refractivity contribution in [2.75, 3.05) is 32.8 Å². The number of nitrogens with zero attached hydrogens (tertiary/aromatic N) is 1. The number of rotatable bonds is 5. The number of nitrogens with one attached hydrogen (secondary N) is 1. The van der Waals surface area contributed by atoms with Gasteiger partial charge >= 0.3 is 0 Å². The number of halogens is 1. The highest BCUT2D eigenvalue weighted by Crippen LogP contribution is 2.17. The molecule has 0 aliphatic carbocycles. The molecule has 0 saturated carbocycles. The Morgan fingerprint density at radius 3 is 2.45 bits per heavy atom. The van der Waals surface area contributed by atoms with E-state index in [9.17, 15) is 9.59 Å². The van der Waals surface area contributed by atoms with Gasteiger partial charge in [0.15, 0.2) is 0 Å². The second-order valence-corrected chi connectivity index (χ2v) is 5.96. The van der Waals surface area contributed by atoms with E-state index in [0.29, 0.717) is 26.2 Å². The molecule has 1 unspecified atom stereocenters. The van der Waals surface area contributed by atoms with Crippen LogP contribution in [-0.2, 0) is 14.3 Å². The van der Waals surface area contributed by atoms with Crippen molar-refractivity contribution in [3.63, 3.8) is 0 Å². The summed E-state index contributed by atoms with van der Waals surface area (Å²) in [6.45, 7) is 3.45. The molecule has 2 amide bonds. The average Bonchev–Trinajstić information content (AvgIpc) is 2.55. The molecule has 2 saturated heterocycles. The van der Waals surface area contributed by atoms with Crippen LogP contribution < -0.4 is 11.1 Å². The van der Waals surface area contributed by atoms with Crippen LogP contribution in [0.5, 0.6) is 0 Å². The van der Waals surface area contributed by atoms with Gasteiger partial charge in [-0.2, -0.15) is 0 Å². The largest absolute Gasteiger partial charge is 0.381 e. The number of carbonyl (C=O) groups is 2. The van der Waals surface area contributed by atoms with Crippen LogP contribution in [0.3, 0.4) is 0 Å². The van der Waals surface area contributed by atoms with E-state index in [2.05, 4.69) is 5.32 Å². The Morgan fingerprint density at radius 1 is 1.18 bits per heavy atom.